The van der Waals surface area contributed by atoms with Crippen LogP contribution in [0.3, 0.4) is 0 Å². The number of hydrogen-bond acceptors (Lipinski definition) is 3. The van der Waals surface area contributed by atoms with Gasteiger partial charge in [0, 0.05) is 0 Å². The molecule has 0 saturated heterocycles. The van der Waals surface area contributed by atoms with E-state index in [9.17, 15) is 4.79 Å². The van der Waals surface area contributed by atoms with Gasteiger partial charge in [0.25, 0.3) is 0 Å². The lowest BCUT2D eigenvalue weighted by Crippen LogP contribution is -2.27. The molecule has 0 aliphatic rings. The molecule has 0 aliphatic heterocycles. The average molecular weight is 267 g/mol. The highest BCUT2D eigenvalue weighted by molar-refractivity contribution is 6.30. The van der Waals surface area contributed by atoms with Gasteiger partial charge in [-0.25, -0.2) is 14.3 Å². The third kappa shape index (κ3) is 2.34. The van der Waals surface area contributed by atoms with E-state index in [1.807, 2.05) is 39.8 Å². The number of benzene rings is 1. The molecule has 2 aromatic rings. The molecule has 0 spiro atoms. The minimum atomic E-state index is -0.569. The van der Waals surface area contributed by atoms with E-state index in [-0.39, 0.29) is 5.28 Å². The lowest BCUT2D eigenvalue weighted by molar-refractivity contribution is 0.0544. The number of halogens is 1. The Morgan fingerprint density at radius 1 is 1.39 bits per heavy atom. The van der Waals surface area contributed by atoms with Gasteiger partial charge in [0.1, 0.15) is 5.60 Å². The molecule has 0 bridgehead atoms. The van der Waals surface area contributed by atoms with Gasteiger partial charge in [0.15, 0.2) is 0 Å². The van der Waals surface area contributed by atoms with Crippen molar-refractivity contribution < 1.29 is 9.53 Å². The van der Waals surface area contributed by atoms with Crippen LogP contribution in [0.2, 0.25) is 5.28 Å². The summed E-state index contributed by atoms with van der Waals surface area (Å²) in [6.07, 6.45) is -0.513. The number of carbonyl (C=O) groups excluding carboxylic acids is 1. The maximum absolute atomic E-state index is 12.1. The SMILES string of the molecule is Cc1cccc2c1nc(Cl)n2C(=O)OC(C)(C)C. The third-order valence-corrected chi connectivity index (χ3v) is 2.68. The summed E-state index contributed by atoms with van der Waals surface area (Å²) >= 11 is 6.01. The molecule has 1 heterocycles. The zero-order chi connectivity index (χ0) is 13.5. The molecule has 0 saturated carbocycles. The first kappa shape index (κ1) is 12.9. The van der Waals surface area contributed by atoms with Crippen molar-refractivity contribution >= 4 is 28.7 Å². The van der Waals surface area contributed by atoms with Gasteiger partial charge in [0.05, 0.1) is 11.0 Å². The number of hydrogen-bond donors (Lipinski definition) is 0. The molecule has 0 radical (unpaired) electrons. The predicted molar refractivity (Wildman–Crippen MR) is 71.1 cm³/mol. The van der Waals surface area contributed by atoms with E-state index in [0.717, 1.165) is 5.56 Å². The molecule has 0 amide bonds. The number of fused-ring (bicyclic) bond motifs is 1. The summed E-state index contributed by atoms with van der Waals surface area (Å²) in [4.78, 5) is 16.3. The van der Waals surface area contributed by atoms with Gasteiger partial charge < -0.3 is 4.74 Å². The Labute approximate surface area is 111 Å². The lowest BCUT2D eigenvalue weighted by atomic mass is 10.2. The minimum Gasteiger partial charge on any atom is -0.443 e. The van der Waals surface area contributed by atoms with E-state index in [4.69, 9.17) is 16.3 Å². The molecule has 0 aliphatic carbocycles. The fraction of sp³-hybridized carbons (Fsp3) is 0.385. The van der Waals surface area contributed by atoms with Crippen molar-refractivity contribution in [1.82, 2.24) is 9.55 Å². The Hall–Kier alpha value is -1.55. The van der Waals surface area contributed by atoms with Crippen LogP contribution in [-0.2, 0) is 4.74 Å². The molecular weight excluding hydrogens is 252 g/mol. The second-order valence-corrected chi connectivity index (χ2v) is 5.48. The first-order chi connectivity index (χ1) is 8.29. The molecule has 96 valence electrons. The van der Waals surface area contributed by atoms with Crippen molar-refractivity contribution in [3.8, 4) is 0 Å². The van der Waals surface area contributed by atoms with Crippen LogP contribution in [-0.4, -0.2) is 21.2 Å². The number of nitrogens with zero attached hydrogens (tertiary/aromatic N) is 2. The predicted octanol–water partition coefficient (Wildman–Crippen LogP) is 3.78. The van der Waals surface area contributed by atoms with Crippen LogP contribution in [0.5, 0.6) is 0 Å². The number of ether oxygens (including phenoxy) is 1. The summed E-state index contributed by atoms with van der Waals surface area (Å²) in [5.74, 6) is 0. The number of rotatable bonds is 0. The smallest absolute Gasteiger partial charge is 0.421 e. The van der Waals surface area contributed by atoms with Crippen molar-refractivity contribution in [2.75, 3.05) is 0 Å². The molecular formula is C13H15ClN2O2. The maximum atomic E-state index is 12.1. The molecule has 1 aromatic heterocycles. The van der Waals surface area contributed by atoms with Crippen molar-refractivity contribution in [2.45, 2.75) is 33.3 Å². The van der Waals surface area contributed by atoms with Gasteiger partial charge in [-0.1, -0.05) is 12.1 Å². The van der Waals surface area contributed by atoms with Crippen molar-refractivity contribution in [1.29, 1.82) is 0 Å². The lowest BCUT2D eigenvalue weighted by Gasteiger charge is -2.19. The molecule has 2 rings (SSSR count). The molecule has 0 atom stereocenters. The second kappa shape index (κ2) is 4.28. The van der Waals surface area contributed by atoms with Crippen LogP contribution in [0.4, 0.5) is 4.79 Å². The Bertz CT molecular complexity index is 611. The van der Waals surface area contributed by atoms with Crippen LogP contribution in [0.15, 0.2) is 18.2 Å². The van der Waals surface area contributed by atoms with E-state index < -0.39 is 11.7 Å². The van der Waals surface area contributed by atoms with Crippen LogP contribution in [0.1, 0.15) is 26.3 Å². The Morgan fingerprint density at radius 2 is 2.06 bits per heavy atom. The summed E-state index contributed by atoms with van der Waals surface area (Å²) in [5, 5.41) is 0.119. The Morgan fingerprint density at radius 3 is 2.67 bits per heavy atom. The summed E-state index contributed by atoms with van der Waals surface area (Å²) in [7, 11) is 0. The summed E-state index contributed by atoms with van der Waals surface area (Å²) in [5.41, 5.74) is 1.78. The molecule has 5 heteroatoms. The highest BCUT2D eigenvalue weighted by Gasteiger charge is 2.22. The number of aromatic nitrogens is 2. The monoisotopic (exact) mass is 266 g/mol. The van der Waals surface area contributed by atoms with E-state index in [1.54, 1.807) is 6.07 Å². The van der Waals surface area contributed by atoms with Gasteiger partial charge in [-0.3, -0.25) is 0 Å². The van der Waals surface area contributed by atoms with E-state index in [1.165, 1.54) is 4.57 Å². The Balaban J connectivity index is 2.54. The van der Waals surface area contributed by atoms with Gasteiger partial charge in [-0.2, -0.15) is 0 Å². The Kier molecular flexibility index (Phi) is 3.07. The quantitative estimate of drug-likeness (QED) is 0.729. The van der Waals surface area contributed by atoms with E-state index in [2.05, 4.69) is 4.98 Å². The first-order valence-corrected chi connectivity index (χ1v) is 6.04. The number of carbonyl (C=O) groups is 1. The van der Waals surface area contributed by atoms with Crippen LogP contribution in [0, 0.1) is 6.92 Å². The molecule has 0 unspecified atom stereocenters. The fourth-order valence-electron chi connectivity index (χ4n) is 1.69. The van der Waals surface area contributed by atoms with Crippen LogP contribution in [0.25, 0.3) is 11.0 Å². The normalized spacial score (nSPS) is 11.8. The van der Waals surface area contributed by atoms with Crippen LogP contribution < -0.4 is 0 Å². The molecule has 1 aromatic carbocycles. The summed E-state index contributed by atoms with van der Waals surface area (Å²) in [6, 6.07) is 5.58. The highest BCUT2D eigenvalue weighted by Crippen LogP contribution is 2.23. The largest absolute Gasteiger partial charge is 0.443 e. The minimum absolute atomic E-state index is 0.119. The standard InChI is InChI=1S/C13H15ClN2O2/c1-8-6-5-7-9-10(8)15-11(14)16(9)12(17)18-13(2,3)4/h5-7H,1-4H3. The highest BCUT2D eigenvalue weighted by atomic mass is 35.5. The van der Waals surface area contributed by atoms with Gasteiger partial charge in [0.2, 0.25) is 5.28 Å². The molecule has 4 nitrogen and oxygen atoms in total. The molecule has 0 fully saturated rings. The molecule has 0 N–H and O–H groups in total. The summed E-state index contributed by atoms with van der Waals surface area (Å²) in [6.45, 7) is 7.35. The zero-order valence-electron chi connectivity index (χ0n) is 10.8. The number of imidazole rings is 1. The number of para-hydroxylation sites is 1. The fourth-order valence-corrected chi connectivity index (χ4v) is 1.94. The van der Waals surface area contributed by atoms with Crippen molar-refractivity contribution in [2.24, 2.45) is 0 Å². The zero-order valence-corrected chi connectivity index (χ0v) is 11.6. The third-order valence-electron chi connectivity index (χ3n) is 2.42. The summed E-state index contributed by atoms with van der Waals surface area (Å²) < 4.78 is 6.60. The van der Waals surface area contributed by atoms with Gasteiger partial charge >= 0.3 is 6.09 Å². The first-order valence-electron chi connectivity index (χ1n) is 5.66. The van der Waals surface area contributed by atoms with Gasteiger partial charge in [-0.15, -0.1) is 0 Å². The maximum Gasteiger partial charge on any atom is 0.421 e. The molecule has 18 heavy (non-hydrogen) atoms. The van der Waals surface area contributed by atoms with E-state index in [0.29, 0.717) is 11.0 Å². The van der Waals surface area contributed by atoms with Crippen molar-refractivity contribution in [3.05, 3.63) is 29.0 Å². The van der Waals surface area contributed by atoms with Gasteiger partial charge in [-0.05, 0) is 50.9 Å². The topological polar surface area (TPSA) is 44.1 Å². The number of aryl methyl sites for hydroxylation is 1. The van der Waals surface area contributed by atoms with Crippen molar-refractivity contribution in [3.63, 3.8) is 0 Å². The average Bonchev–Trinajstić information content (AvgIpc) is 2.53. The van der Waals surface area contributed by atoms with E-state index >= 15 is 0 Å². The second-order valence-electron chi connectivity index (χ2n) is 5.14. The van der Waals surface area contributed by atoms with Crippen LogP contribution >= 0.6 is 11.6 Å².